The van der Waals surface area contributed by atoms with Crippen LogP contribution in [0.25, 0.3) is 0 Å². The van der Waals surface area contributed by atoms with Crippen molar-refractivity contribution in [2.75, 3.05) is 31.1 Å². The molecule has 4 fully saturated rings. The van der Waals surface area contributed by atoms with Gasteiger partial charge in [0.15, 0.2) is 5.75 Å². The Morgan fingerprint density at radius 1 is 0.909 bits per heavy atom. The zero-order valence-corrected chi connectivity index (χ0v) is 34.2. The van der Waals surface area contributed by atoms with Crippen molar-refractivity contribution >= 4 is 58.5 Å². The summed E-state index contributed by atoms with van der Waals surface area (Å²) in [7, 11) is 0. The van der Waals surface area contributed by atoms with Gasteiger partial charge in [-0.1, -0.05) is 53.0 Å². The lowest BCUT2D eigenvalue weighted by molar-refractivity contribution is -0.139. The van der Waals surface area contributed by atoms with E-state index >= 15 is 0 Å². The number of ether oxygens (including phenoxy) is 2. The summed E-state index contributed by atoms with van der Waals surface area (Å²) in [6, 6.07) is 13.8. The summed E-state index contributed by atoms with van der Waals surface area (Å²) >= 11 is 19.7. The van der Waals surface area contributed by atoms with E-state index in [9.17, 15) is 14.4 Å². The van der Waals surface area contributed by atoms with Crippen LogP contribution in [0.5, 0.6) is 5.75 Å². The average molecular weight is 811 g/mol. The fourth-order valence-corrected chi connectivity index (χ4v) is 8.48. The Bertz CT molecular complexity index is 1890. The summed E-state index contributed by atoms with van der Waals surface area (Å²) < 4.78 is 12.0. The van der Waals surface area contributed by atoms with Crippen molar-refractivity contribution < 1.29 is 23.9 Å². The van der Waals surface area contributed by atoms with Crippen LogP contribution in [0.4, 0.5) is 10.6 Å². The Labute approximate surface area is 338 Å². The number of halogens is 3. The summed E-state index contributed by atoms with van der Waals surface area (Å²) in [6.45, 7) is 9.88. The number of pyridine rings is 1. The first-order valence-electron chi connectivity index (χ1n) is 19.4. The molecule has 2 aliphatic heterocycles. The molecule has 0 radical (unpaired) electrons. The highest BCUT2D eigenvalue weighted by Crippen LogP contribution is 2.40. The minimum atomic E-state index is -0.664. The van der Waals surface area contributed by atoms with Gasteiger partial charge in [-0.25, -0.2) is 9.78 Å². The van der Waals surface area contributed by atoms with Crippen LogP contribution in [-0.2, 0) is 27.3 Å². The lowest BCUT2D eigenvalue weighted by Gasteiger charge is -2.40. The predicted molar refractivity (Wildman–Crippen MR) is 215 cm³/mol. The molecule has 55 heavy (non-hydrogen) atoms. The minimum absolute atomic E-state index is 0.00670. The number of aryl methyl sites for hydroxylation is 1. The minimum Gasteiger partial charge on any atom is -0.485 e. The van der Waals surface area contributed by atoms with Gasteiger partial charge in [0.25, 0.3) is 0 Å². The van der Waals surface area contributed by atoms with Crippen molar-refractivity contribution in [2.45, 2.75) is 109 Å². The van der Waals surface area contributed by atoms with Gasteiger partial charge in [-0.3, -0.25) is 9.59 Å². The van der Waals surface area contributed by atoms with Crippen LogP contribution in [0.15, 0.2) is 48.7 Å². The van der Waals surface area contributed by atoms with E-state index in [0.29, 0.717) is 46.9 Å². The molecule has 3 aromatic rings. The summed E-state index contributed by atoms with van der Waals surface area (Å²) in [5.41, 5.74) is 2.93. The molecule has 3 amide bonds. The van der Waals surface area contributed by atoms with Crippen LogP contribution in [0.3, 0.4) is 0 Å². The van der Waals surface area contributed by atoms with Crippen molar-refractivity contribution in [3.8, 4) is 5.75 Å². The van der Waals surface area contributed by atoms with Gasteiger partial charge in [0.2, 0.25) is 11.8 Å². The number of benzene rings is 2. The Morgan fingerprint density at radius 2 is 1.65 bits per heavy atom. The van der Waals surface area contributed by atoms with Gasteiger partial charge >= 0.3 is 6.09 Å². The predicted octanol–water partition coefficient (Wildman–Crippen LogP) is 8.36. The summed E-state index contributed by atoms with van der Waals surface area (Å²) in [5.74, 6) is 0.615. The Balaban J connectivity index is 1.08. The maximum absolute atomic E-state index is 14.8. The highest BCUT2D eigenvalue weighted by molar-refractivity contribution is 6.37. The van der Waals surface area contributed by atoms with Crippen LogP contribution < -0.4 is 15.0 Å². The highest BCUT2D eigenvalue weighted by atomic mass is 35.5. The molecule has 2 saturated carbocycles. The lowest BCUT2D eigenvalue weighted by Crippen LogP contribution is -2.51. The number of nitrogens with zero attached hydrogens (tertiary/aromatic N) is 4. The van der Waals surface area contributed by atoms with Crippen molar-refractivity contribution in [1.82, 2.24) is 20.1 Å². The van der Waals surface area contributed by atoms with Gasteiger partial charge in [-0.2, -0.15) is 0 Å². The number of carbonyl (C=O) groups is 3. The van der Waals surface area contributed by atoms with E-state index in [1.807, 2.05) is 75.2 Å². The molecular weight excluding hydrogens is 761 g/mol. The van der Waals surface area contributed by atoms with E-state index < -0.39 is 17.6 Å². The third-order valence-corrected chi connectivity index (χ3v) is 11.6. The molecule has 1 N–H and O–H groups in total. The zero-order chi connectivity index (χ0) is 39.0. The number of hydrogen-bond acceptors (Lipinski definition) is 7. The quantitative estimate of drug-likeness (QED) is 0.208. The van der Waals surface area contributed by atoms with Crippen molar-refractivity contribution in [2.24, 2.45) is 5.92 Å². The molecule has 0 unspecified atom stereocenters. The fourth-order valence-electron chi connectivity index (χ4n) is 7.62. The van der Waals surface area contributed by atoms with Gasteiger partial charge in [-0.15, -0.1) is 0 Å². The second kappa shape index (κ2) is 16.4. The number of likely N-dealkylation sites (tertiary alicyclic amines) is 1. The number of nitrogens with one attached hydrogen (secondary N) is 1. The van der Waals surface area contributed by atoms with Gasteiger partial charge in [-0.05, 0) is 106 Å². The number of aromatic nitrogens is 1. The number of rotatable bonds is 11. The Morgan fingerprint density at radius 3 is 2.31 bits per heavy atom. The number of anilines is 1. The SMILES string of the molecule is Cc1cc(Cl)c(O[C@@H]2CCN(c3ccc([C@@H]4CCN(C(=O)OC(C)(C)C)C[C@H]4C(=O)N(Cc4cc(CC(=O)NC5CC5)ccc4Cl)C4CC4)cn3)C2)c(Cl)c1. The van der Waals surface area contributed by atoms with E-state index in [1.165, 1.54) is 0 Å². The van der Waals surface area contributed by atoms with Crippen molar-refractivity contribution in [3.05, 3.63) is 86.0 Å². The largest absolute Gasteiger partial charge is 0.485 e. The zero-order valence-electron chi connectivity index (χ0n) is 32.0. The molecule has 13 heteroatoms. The average Bonchev–Trinajstić information content (AvgIpc) is 4.08. The number of piperidine rings is 1. The third kappa shape index (κ3) is 9.99. The maximum atomic E-state index is 14.8. The van der Waals surface area contributed by atoms with E-state index in [-0.39, 0.29) is 48.9 Å². The third-order valence-electron chi connectivity index (χ3n) is 10.7. The molecule has 2 aliphatic carbocycles. The second-order valence-corrected chi connectivity index (χ2v) is 17.8. The second-order valence-electron chi connectivity index (χ2n) is 16.6. The van der Waals surface area contributed by atoms with E-state index in [4.69, 9.17) is 49.3 Å². The van der Waals surface area contributed by atoms with Crippen LogP contribution in [0, 0.1) is 12.8 Å². The van der Waals surface area contributed by atoms with Gasteiger partial charge in [0.05, 0.1) is 28.9 Å². The molecular formula is C42H50Cl3N5O5. The molecule has 10 nitrogen and oxygen atoms in total. The molecule has 3 atom stereocenters. The van der Waals surface area contributed by atoms with Crippen LogP contribution in [-0.4, -0.2) is 82.7 Å². The number of hydrogen-bond donors (Lipinski definition) is 1. The molecule has 1 aromatic heterocycles. The highest BCUT2D eigenvalue weighted by Gasteiger charge is 2.44. The topological polar surface area (TPSA) is 104 Å². The summed E-state index contributed by atoms with van der Waals surface area (Å²) in [4.78, 5) is 51.4. The Kier molecular flexibility index (Phi) is 11.8. The molecule has 7 rings (SSSR count). The van der Waals surface area contributed by atoms with Crippen molar-refractivity contribution in [3.63, 3.8) is 0 Å². The first-order chi connectivity index (χ1) is 26.2. The van der Waals surface area contributed by atoms with Crippen molar-refractivity contribution in [1.29, 1.82) is 0 Å². The van der Waals surface area contributed by atoms with Crippen LogP contribution >= 0.6 is 34.8 Å². The Hall–Kier alpha value is -3.73. The fraction of sp³-hybridized carbons (Fsp3) is 0.524. The normalized spacial score (nSPS) is 21.3. The molecule has 3 heterocycles. The number of carbonyl (C=O) groups excluding carboxylic acids is 3. The van der Waals surface area contributed by atoms with E-state index in [0.717, 1.165) is 66.7 Å². The molecule has 294 valence electrons. The lowest BCUT2D eigenvalue weighted by atomic mass is 9.80. The van der Waals surface area contributed by atoms with E-state index in [2.05, 4.69) is 16.3 Å². The van der Waals surface area contributed by atoms with Gasteiger partial charge in [0.1, 0.15) is 17.5 Å². The number of amides is 3. The summed E-state index contributed by atoms with van der Waals surface area (Å²) in [5, 5.41) is 4.60. The summed E-state index contributed by atoms with van der Waals surface area (Å²) in [6.07, 6.45) is 6.85. The molecule has 2 saturated heterocycles. The first kappa shape index (κ1) is 39.5. The molecule has 4 aliphatic rings. The van der Waals surface area contributed by atoms with Crippen LogP contribution in [0.2, 0.25) is 15.1 Å². The van der Waals surface area contributed by atoms with Gasteiger partial charge in [0, 0.05) is 61.8 Å². The molecule has 0 spiro atoms. The van der Waals surface area contributed by atoms with E-state index in [1.54, 1.807) is 4.90 Å². The smallest absolute Gasteiger partial charge is 0.410 e. The molecule has 0 bridgehead atoms. The van der Waals surface area contributed by atoms with Gasteiger partial charge < -0.3 is 29.5 Å². The first-order valence-corrected chi connectivity index (χ1v) is 20.5. The molecule has 2 aromatic carbocycles. The standard InChI is InChI=1S/C42H50Cl3N5O5/c1-25-17-35(44)39(36(45)18-25)54-31-13-15-48(23-31)37-12-6-27(21-46-37)32-14-16-49(41(53)55-42(2,3)4)24-33(32)40(52)50(30-9-10-30)22-28-19-26(5-11-34(28)43)20-38(51)47-29-7-8-29/h5-6,11-12,17-19,21,29-33H,7-10,13-16,20,22-24H2,1-4H3,(H,47,51)/t31-,32+,33-/m1/s1. The monoisotopic (exact) mass is 809 g/mol. The maximum Gasteiger partial charge on any atom is 0.410 e. The van der Waals surface area contributed by atoms with Crippen LogP contribution in [0.1, 0.15) is 87.5 Å².